The standard InChI is InChI=1S/C36H39N5O8/c1-39-23-37-36(38-39)31-15-25(16-32(41(42)43)35(31)48-6)22-49-21-24-8-7-9-28(14-24)40(19-26-10-12-29(44-2)17-33(26)46-4)20-27-11-13-30(45-3)18-34(27)47-5/h7-18,23H,19-22H2,1-6H3. The van der Waals surface area contributed by atoms with Crippen LogP contribution in [-0.2, 0) is 38.1 Å². The third-order valence-electron chi connectivity index (χ3n) is 7.89. The Bertz CT molecular complexity index is 1850. The van der Waals surface area contributed by atoms with Crippen LogP contribution >= 0.6 is 0 Å². The van der Waals surface area contributed by atoms with Gasteiger partial charge in [0.1, 0.15) is 29.3 Å². The van der Waals surface area contributed by atoms with Gasteiger partial charge in [0.25, 0.3) is 0 Å². The van der Waals surface area contributed by atoms with Gasteiger partial charge in [-0.05, 0) is 53.6 Å². The van der Waals surface area contributed by atoms with Crippen molar-refractivity contribution in [1.82, 2.24) is 14.8 Å². The molecule has 0 bridgehead atoms. The van der Waals surface area contributed by atoms with E-state index in [4.69, 9.17) is 28.4 Å². The summed E-state index contributed by atoms with van der Waals surface area (Å²) >= 11 is 0. The van der Waals surface area contributed by atoms with E-state index in [-0.39, 0.29) is 24.7 Å². The maximum Gasteiger partial charge on any atom is 0.312 e. The van der Waals surface area contributed by atoms with Crippen molar-refractivity contribution >= 4 is 11.4 Å². The maximum atomic E-state index is 11.9. The molecule has 5 rings (SSSR count). The number of hydrogen-bond acceptors (Lipinski definition) is 11. The van der Waals surface area contributed by atoms with Crippen molar-refractivity contribution in [2.24, 2.45) is 7.05 Å². The highest BCUT2D eigenvalue weighted by molar-refractivity contribution is 5.72. The first-order chi connectivity index (χ1) is 23.8. The number of nitrogens with zero attached hydrogens (tertiary/aromatic N) is 5. The molecule has 256 valence electrons. The van der Waals surface area contributed by atoms with Gasteiger partial charge in [-0.2, -0.15) is 5.10 Å². The summed E-state index contributed by atoms with van der Waals surface area (Å²) in [4.78, 5) is 17.9. The topological polar surface area (TPSA) is 132 Å². The quantitative estimate of drug-likeness (QED) is 0.0859. The molecule has 0 N–H and O–H groups in total. The van der Waals surface area contributed by atoms with E-state index in [2.05, 4.69) is 21.0 Å². The molecule has 0 radical (unpaired) electrons. The van der Waals surface area contributed by atoms with Crippen molar-refractivity contribution in [1.29, 1.82) is 0 Å². The zero-order chi connectivity index (χ0) is 34.9. The molecule has 0 saturated carbocycles. The van der Waals surface area contributed by atoms with Crippen LogP contribution in [0.1, 0.15) is 22.3 Å². The largest absolute Gasteiger partial charge is 0.497 e. The summed E-state index contributed by atoms with van der Waals surface area (Å²) in [6.45, 7) is 1.42. The summed E-state index contributed by atoms with van der Waals surface area (Å²) in [6, 6.07) is 22.8. The second-order valence-electron chi connectivity index (χ2n) is 11.1. The molecule has 1 aromatic heterocycles. The number of aromatic nitrogens is 3. The van der Waals surface area contributed by atoms with Crippen molar-refractivity contribution in [2.45, 2.75) is 26.3 Å². The molecule has 1 heterocycles. The predicted octanol–water partition coefficient (Wildman–Crippen LogP) is 6.36. The third-order valence-corrected chi connectivity index (χ3v) is 7.89. The van der Waals surface area contributed by atoms with Gasteiger partial charge in [0, 0.05) is 55.2 Å². The Balaban J connectivity index is 1.41. The highest BCUT2D eigenvalue weighted by Crippen LogP contribution is 2.38. The molecule has 0 saturated heterocycles. The normalized spacial score (nSPS) is 10.8. The number of nitro benzene ring substituents is 1. The number of rotatable bonds is 16. The molecule has 0 aliphatic carbocycles. The van der Waals surface area contributed by atoms with E-state index in [1.165, 1.54) is 24.2 Å². The van der Waals surface area contributed by atoms with Crippen LogP contribution < -0.4 is 28.6 Å². The van der Waals surface area contributed by atoms with E-state index in [1.807, 2.05) is 54.6 Å². The number of anilines is 1. The lowest BCUT2D eigenvalue weighted by Crippen LogP contribution is -2.23. The van der Waals surface area contributed by atoms with Crippen molar-refractivity contribution in [3.8, 4) is 40.1 Å². The highest BCUT2D eigenvalue weighted by Gasteiger charge is 2.24. The Hall–Kier alpha value is -5.82. The number of hydrogen-bond donors (Lipinski definition) is 0. The molecule has 0 unspecified atom stereocenters. The predicted molar refractivity (Wildman–Crippen MR) is 184 cm³/mol. The zero-order valence-electron chi connectivity index (χ0n) is 28.3. The van der Waals surface area contributed by atoms with E-state index in [9.17, 15) is 10.1 Å². The van der Waals surface area contributed by atoms with Gasteiger partial charge in [0.2, 0.25) is 5.75 Å². The summed E-state index contributed by atoms with van der Waals surface area (Å²) in [6.07, 6.45) is 1.52. The number of methoxy groups -OCH3 is 5. The van der Waals surface area contributed by atoms with Gasteiger partial charge < -0.3 is 33.3 Å². The number of ether oxygens (including phenoxy) is 6. The first kappa shape index (κ1) is 34.5. The average molecular weight is 670 g/mol. The lowest BCUT2D eigenvalue weighted by molar-refractivity contribution is -0.385. The Labute approximate surface area is 284 Å². The molecule has 0 aliphatic heterocycles. The molecule has 0 spiro atoms. The van der Waals surface area contributed by atoms with E-state index >= 15 is 0 Å². The van der Waals surface area contributed by atoms with Crippen molar-refractivity contribution < 1.29 is 33.3 Å². The Morgan fingerprint density at radius 3 is 1.92 bits per heavy atom. The molecule has 0 aliphatic rings. The Morgan fingerprint density at radius 1 is 0.755 bits per heavy atom. The van der Waals surface area contributed by atoms with Gasteiger partial charge in [0.15, 0.2) is 5.82 Å². The van der Waals surface area contributed by atoms with Crippen LogP contribution in [0.5, 0.6) is 28.7 Å². The summed E-state index contributed by atoms with van der Waals surface area (Å²) < 4.78 is 35.3. The monoisotopic (exact) mass is 669 g/mol. The van der Waals surface area contributed by atoms with Crippen molar-refractivity contribution in [3.63, 3.8) is 0 Å². The van der Waals surface area contributed by atoms with Crippen molar-refractivity contribution in [3.05, 3.63) is 111 Å². The molecular formula is C36H39N5O8. The first-order valence-corrected chi connectivity index (χ1v) is 15.3. The second-order valence-corrected chi connectivity index (χ2v) is 11.1. The minimum Gasteiger partial charge on any atom is -0.497 e. The van der Waals surface area contributed by atoms with E-state index in [1.54, 1.807) is 41.6 Å². The fourth-order valence-corrected chi connectivity index (χ4v) is 5.48. The van der Waals surface area contributed by atoms with E-state index in [0.29, 0.717) is 53.0 Å². The Morgan fingerprint density at radius 2 is 1.39 bits per heavy atom. The van der Waals surface area contributed by atoms with Crippen LogP contribution in [0, 0.1) is 10.1 Å². The summed E-state index contributed by atoms with van der Waals surface area (Å²) in [5.41, 5.74) is 4.61. The molecule has 4 aromatic carbocycles. The molecule has 13 nitrogen and oxygen atoms in total. The molecule has 13 heteroatoms. The number of benzene rings is 4. The summed E-state index contributed by atoms with van der Waals surface area (Å²) in [5, 5.41) is 16.2. The van der Waals surface area contributed by atoms with Crippen LogP contribution in [0.2, 0.25) is 0 Å². The summed E-state index contributed by atoms with van der Waals surface area (Å²) in [5.74, 6) is 3.23. The minimum atomic E-state index is -0.484. The van der Waals surface area contributed by atoms with E-state index in [0.717, 1.165) is 22.4 Å². The smallest absolute Gasteiger partial charge is 0.312 e. The number of aryl methyl sites for hydroxylation is 1. The van der Waals surface area contributed by atoms with Gasteiger partial charge in [-0.25, -0.2) is 4.98 Å². The highest BCUT2D eigenvalue weighted by atomic mass is 16.6. The molecule has 0 amide bonds. The fraction of sp³-hybridized carbons (Fsp3) is 0.278. The molecular weight excluding hydrogens is 630 g/mol. The van der Waals surface area contributed by atoms with Crippen LogP contribution in [-0.4, -0.2) is 55.2 Å². The van der Waals surface area contributed by atoms with Gasteiger partial charge in [0.05, 0.1) is 59.2 Å². The average Bonchev–Trinajstić information content (AvgIpc) is 3.57. The van der Waals surface area contributed by atoms with Crippen LogP contribution in [0.3, 0.4) is 0 Å². The third kappa shape index (κ3) is 8.19. The Kier molecular flexibility index (Phi) is 11.2. The van der Waals surface area contributed by atoms with Gasteiger partial charge in [-0.3, -0.25) is 14.8 Å². The molecule has 49 heavy (non-hydrogen) atoms. The molecule has 0 atom stereocenters. The van der Waals surface area contributed by atoms with Gasteiger partial charge in [-0.1, -0.05) is 12.1 Å². The van der Waals surface area contributed by atoms with Gasteiger partial charge in [-0.15, -0.1) is 0 Å². The van der Waals surface area contributed by atoms with Crippen molar-refractivity contribution in [2.75, 3.05) is 40.4 Å². The van der Waals surface area contributed by atoms with Crippen LogP contribution in [0.4, 0.5) is 11.4 Å². The SMILES string of the molecule is COc1ccc(CN(Cc2ccc(OC)cc2OC)c2cccc(COCc3cc(-c4ncn(C)n4)c(OC)c([N+](=O)[O-])c3)c2)c(OC)c1. The molecule has 0 fully saturated rings. The lowest BCUT2D eigenvalue weighted by Gasteiger charge is -2.27. The van der Waals surface area contributed by atoms with Crippen LogP contribution in [0.25, 0.3) is 11.4 Å². The first-order valence-electron chi connectivity index (χ1n) is 15.3. The minimum absolute atomic E-state index is 0.0923. The zero-order valence-corrected chi connectivity index (χ0v) is 28.3. The fourth-order valence-electron chi connectivity index (χ4n) is 5.48. The van der Waals surface area contributed by atoms with Crippen LogP contribution in [0.15, 0.2) is 79.1 Å². The van der Waals surface area contributed by atoms with E-state index < -0.39 is 4.92 Å². The second kappa shape index (κ2) is 15.8. The summed E-state index contributed by atoms with van der Waals surface area (Å²) in [7, 11) is 9.63. The maximum absolute atomic E-state index is 11.9. The van der Waals surface area contributed by atoms with Gasteiger partial charge >= 0.3 is 5.69 Å². The molecule has 5 aromatic rings. The lowest BCUT2D eigenvalue weighted by atomic mass is 10.1. The number of nitro groups is 1.